The molecule has 2 aliphatic heterocycles. The van der Waals surface area contributed by atoms with E-state index in [0.717, 1.165) is 42.7 Å². The number of nitrogens with one attached hydrogen (secondary N) is 2. The molecule has 4 heterocycles. The number of anilines is 1. The second-order valence-corrected chi connectivity index (χ2v) is 8.43. The van der Waals surface area contributed by atoms with Gasteiger partial charge in [-0.1, -0.05) is 6.07 Å². The summed E-state index contributed by atoms with van der Waals surface area (Å²) >= 11 is 1.41. The average molecular weight is 410 g/mol. The first kappa shape index (κ1) is 18.3. The SMILES string of the molecule is O=C(Nc1ccc2nc(C3CCCO3)[nH]c2c1)[C@@H]1CCCN1C(=O)c1cccs1. The molecule has 2 N–H and O–H groups in total. The Bertz CT molecular complexity index is 1040. The summed E-state index contributed by atoms with van der Waals surface area (Å²) in [6.45, 7) is 1.38. The Morgan fingerprint density at radius 1 is 1.24 bits per heavy atom. The third kappa shape index (κ3) is 3.54. The molecule has 2 aliphatic rings. The molecule has 5 rings (SSSR count). The number of likely N-dealkylation sites (tertiary alicyclic amines) is 1. The summed E-state index contributed by atoms with van der Waals surface area (Å²) in [6.07, 6.45) is 3.55. The first-order valence-electron chi connectivity index (χ1n) is 9.95. The number of amides is 2. The van der Waals surface area contributed by atoms with Crippen molar-refractivity contribution in [1.29, 1.82) is 0 Å². The molecular weight excluding hydrogens is 388 g/mol. The number of nitrogens with zero attached hydrogens (tertiary/aromatic N) is 2. The van der Waals surface area contributed by atoms with E-state index in [2.05, 4.69) is 15.3 Å². The zero-order valence-electron chi connectivity index (χ0n) is 15.9. The van der Waals surface area contributed by atoms with Crippen LogP contribution in [0.4, 0.5) is 5.69 Å². The van der Waals surface area contributed by atoms with Gasteiger partial charge >= 0.3 is 0 Å². The normalized spacial score (nSPS) is 21.7. The molecule has 0 spiro atoms. The predicted molar refractivity (Wildman–Crippen MR) is 111 cm³/mol. The van der Waals surface area contributed by atoms with Crippen molar-refractivity contribution in [2.75, 3.05) is 18.5 Å². The first-order valence-corrected chi connectivity index (χ1v) is 10.8. The van der Waals surface area contributed by atoms with Crippen LogP contribution in [-0.4, -0.2) is 45.9 Å². The average Bonchev–Trinajstić information content (AvgIpc) is 3.53. The molecule has 150 valence electrons. The molecule has 29 heavy (non-hydrogen) atoms. The lowest BCUT2D eigenvalue weighted by Crippen LogP contribution is -2.42. The summed E-state index contributed by atoms with van der Waals surface area (Å²) in [5, 5.41) is 4.85. The number of aromatic nitrogens is 2. The first-order chi connectivity index (χ1) is 14.2. The van der Waals surface area contributed by atoms with Crippen molar-refractivity contribution in [3.63, 3.8) is 0 Å². The van der Waals surface area contributed by atoms with Gasteiger partial charge in [0.1, 0.15) is 18.0 Å². The number of benzene rings is 1. The third-order valence-corrected chi connectivity index (χ3v) is 6.41. The maximum absolute atomic E-state index is 12.9. The zero-order valence-corrected chi connectivity index (χ0v) is 16.7. The second-order valence-electron chi connectivity index (χ2n) is 7.48. The highest BCUT2D eigenvalue weighted by Crippen LogP contribution is 2.29. The van der Waals surface area contributed by atoms with Crippen molar-refractivity contribution < 1.29 is 14.3 Å². The zero-order chi connectivity index (χ0) is 19.8. The van der Waals surface area contributed by atoms with Crippen LogP contribution in [0.2, 0.25) is 0 Å². The Balaban J connectivity index is 1.31. The number of carbonyl (C=O) groups excluding carboxylic acids is 2. The third-order valence-electron chi connectivity index (χ3n) is 5.55. The summed E-state index contributed by atoms with van der Waals surface area (Å²) in [7, 11) is 0. The van der Waals surface area contributed by atoms with Gasteiger partial charge in [0.15, 0.2) is 0 Å². The van der Waals surface area contributed by atoms with Crippen LogP contribution in [-0.2, 0) is 9.53 Å². The van der Waals surface area contributed by atoms with Gasteiger partial charge in [-0.3, -0.25) is 9.59 Å². The summed E-state index contributed by atoms with van der Waals surface area (Å²) in [4.78, 5) is 35.9. The van der Waals surface area contributed by atoms with Gasteiger partial charge in [-0.05, 0) is 55.3 Å². The minimum absolute atomic E-state index is 0.0238. The van der Waals surface area contributed by atoms with Crippen molar-refractivity contribution in [2.45, 2.75) is 37.8 Å². The number of hydrogen-bond acceptors (Lipinski definition) is 5. The number of ether oxygens (including phenoxy) is 1. The number of H-pyrrole nitrogens is 1. The number of rotatable bonds is 4. The lowest BCUT2D eigenvalue weighted by atomic mass is 10.2. The molecule has 0 radical (unpaired) electrons. The van der Waals surface area contributed by atoms with E-state index in [0.29, 0.717) is 23.5 Å². The van der Waals surface area contributed by atoms with Crippen molar-refractivity contribution in [3.05, 3.63) is 46.4 Å². The van der Waals surface area contributed by atoms with Crippen LogP contribution in [0.15, 0.2) is 35.7 Å². The van der Waals surface area contributed by atoms with Crippen LogP contribution in [0.25, 0.3) is 11.0 Å². The topological polar surface area (TPSA) is 87.3 Å². The number of hydrogen-bond donors (Lipinski definition) is 2. The van der Waals surface area contributed by atoms with Crippen LogP contribution < -0.4 is 5.32 Å². The molecule has 3 aromatic rings. The molecule has 1 aromatic carbocycles. The Hall–Kier alpha value is -2.71. The lowest BCUT2D eigenvalue weighted by Gasteiger charge is -2.23. The van der Waals surface area contributed by atoms with Gasteiger partial charge in [0.2, 0.25) is 5.91 Å². The van der Waals surface area contributed by atoms with E-state index in [1.165, 1.54) is 11.3 Å². The Morgan fingerprint density at radius 3 is 2.97 bits per heavy atom. The highest BCUT2D eigenvalue weighted by atomic mass is 32.1. The van der Waals surface area contributed by atoms with E-state index in [-0.39, 0.29) is 17.9 Å². The Labute approximate surface area is 172 Å². The molecule has 8 heteroatoms. The monoisotopic (exact) mass is 410 g/mol. The highest BCUT2D eigenvalue weighted by molar-refractivity contribution is 7.12. The molecule has 2 amide bonds. The predicted octanol–water partition coefficient (Wildman–Crippen LogP) is 3.72. The van der Waals surface area contributed by atoms with Crippen molar-refractivity contribution in [1.82, 2.24) is 14.9 Å². The summed E-state index contributed by atoms with van der Waals surface area (Å²) in [6, 6.07) is 8.85. The molecule has 0 aliphatic carbocycles. The molecule has 2 saturated heterocycles. The van der Waals surface area contributed by atoms with Crippen LogP contribution in [0, 0.1) is 0 Å². The van der Waals surface area contributed by atoms with E-state index in [4.69, 9.17) is 4.74 Å². The Kier molecular flexibility index (Phi) is 4.81. The van der Waals surface area contributed by atoms with Gasteiger partial charge < -0.3 is 19.9 Å². The van der Waals surface area contributed by atoms with Crippen molar-refractivity contribution in [3.8, 4) is 0 Å². The van der Waals surface area contributed by atoms with E-state index < -0.39 is 6.04 Å². The van der Waals surface area contributed by atoms with E-state index >= 15 is 0 Å². The minimum atomic E-state index is -0.440. The summed E-state index contributed by atoms with van der Waals surface area (Å²) < 4.78 is 5.70. The van der Waals surface area contributed by atoms with E-state index in [9.17, 15) is 9.59 Å². The van der Waals surface area contributed by atoms with E-state index in [1.807, 2.05) is 29.6 Å². The molecule has 2 aromatic heterocycles. The summed E-state index contributed by atoms with van der Waals surface area (Å²) in [5.74, 6) is 0.623. The van der Waals surface area contributed by atoms with Crippen LogP contribution in [0.5, 0.6) is 0 Å². The van der Waals surface area contributed by atoms with Gasteiger partial charge in [0.05, 0.1) is 15.9 Å². The number of thiophene rings is 1. The smallest absolute Gasteiger partial charge is 0.264 e. The van der Waals surface area contributed by atoms with Crippen molar-refractivity contribution in [2.24, 2.45) is 0 Å². The molecule has 2 atom stereocenters. The number of aromatic amines is 1. The molecule has 0 saturated carbocycles. The highest BCUT2D eigenvalue weighted by Gasteiger charge is 2.35. The fourth-order valence-electron chi connectivity index (χ4n) is 4.10. The van der Waals surface area contributed by atoms with Gasteiger partial charge in [0, 0.05) is 18.8 Å². The largest absolute Gasteiger partial charge is 0.370 e. The molecule has 7 nitrogen and oxygen atoms in total. The summed E-state index contributed by atoms with van der Waals surface area (Å²) in [5.41, 5.74) is 2.41. The fourth-order valence-corrected chi connectivity index (χ4v) is 4.78. The van der Waals surface area contributed by atoms with Crippen LogP contribution in [0.3, 0.4) is 0 Å². The van der Waals surface area contributed by atoms with Gasteiger partial charge in [-0.2, -0.15) is 0 Å². The molecule has 2 fully saturated rings. The van der Waals surface area contributed by atoms with E-state index in [1.54, 1.807) is 11.0 Å². The van der Waals surface area contributed by atoms with Crippen molar-refractivity contribution >= 4 is 39.9 Å². The molecular formula is C21H22N4O3S. The van der Waals surface area contributed by atoms with Crippen LogP contribution >= 0.6 is 11.3 Å². The van der Waals surface area contributed by atoms with Gasteiger partial charge in [0.25, 0.3) is 5.91 Å². The lowest BCUT2D eigenvalue weighted by molar-refractivity contribution is -0.119. The molecule has 1 unspecified atom stereocenters. The van der Waals surface area contributed by atoms with Gasteiger partial charge in [-0.15, -0.1) is 11.3 Å². The molecule has 0 bridgehead atoms. The van der Waals surface area contributed by atoms with Gasteiger partial charge in [-0.25, -0.2) is 4.98 Å². The quantitative estimate of drug-likeness (QED) is 0.686. The minimum Gasteiger partial charge on any atom is -0.370 e. The number of carbonyl (C=O) groups is 2. The maximum atomic E-state index is 12.9. The standard InChI is InChI=1S/C21H22N4O3S/c26-20(16-4-1-9-25(16)21(27)18-6-3-11-29-18)22-13-7-8-14-15(12-13)24-19(23-14)17-5-2-10-28-17/h3,6-8,11-12,16-17H,1-2,4-5,9-10H2,(H,22,26)(H,23,24)/t16-,17?/m0/s1. The van der Waals surface area contributed by atoms with Crippen LogP contribution in [0.1, 0.15) is 47.3 Å². The fraction of sp³-hybridized carbons (Fsp3) is 0.381. The number of imidazole rings is 1. The second kappa shape index (κ2) is 7.61. The Morgan fingerprint density at radius 2 is 2.17 bits per heavy atom. The number of fused-ring (bicyclic) bond motifs is 1. The maximum Gasteiger partial charge on any atom is 0.264 e.